The summed E-state index contributed by atoms with van der Waals surface area (Å²) in [5.74, 6) is -0.261. The highest BCUT2D eigenvalue weighted by Gasteiger charge is 2.19. The van der Waals surface area contributed by atoms with Crippen molar-refractivity contribution in [2.45, 2.75) is 45.6 Å². The summed E-state index contributed by atoms with van der Waals surface area (Å²) >= 11 is 0. The zero-order valence-corrected chi connectivity index (χ0v) is 17.1. The fourth-order valence-corrected chi connectivity index (χ4v) is 3.82. The van der Waals surface area contributed by atoms with Crippen molar-refractivity contribution in [3.05, 3.63) is 65.0 Å². The minimum Gasteiger partial charge on any atom is -0.358 e. The maximum absolute atomic E-state index is 13.8. The van der Waals surface area contributed by atoms with Crippen LogP contribution in [-0.2, 0) is 19.4 Å². The van der Waals surface area contributed by atoms with Gasteiger partial charge in [-0.05, 0) is 48.9 Å². The summed E-state index contributed by atoms with van der Waals surface area (Å²) in [6.07, 6.45) is 5.78. The molecule has 0 amide bonds. The van der Waals surface area contributed by atoms with Gasteiger partial charge in [-0.1, -0.05) is 19.1 Å². The first-order valence-corrected chi connectivity index (χ1v) is 10.5. The van der Waals surface area contributed by atoms with Crippen molar-refractivity contribution in [1.29, 1.82) is 5.41 Å². The second-order valence-corrected chi connectivity index (χ2v) is 7.66. The van der Waals surface area contributed by atoms with Crippen LogP contribution in [0.25, 0.3) is 0 Å². The van der Waals surface area contributed by atoms with E-state index in [4.69, 9.17) is 5.41 Å². The molecule has 0 radical (unpaired) electrons. The second kappa shape index (κ2) is 10.4. The molecule has 0 bridgehead atoms. The van der Waals surface area contributed by atoms with E-state index in [0.29, 0.717) is 12.0 Å². The summed E-state index contributed by atoms with van der Waals surface area (Å²) in [5.41, 5.74) is 2.81. The molecule has 0 saturated carbocycles. The summed E-state index contributed by atoms with van der Waals surface area (Å²) < 4.78 is 26.9. The number of rotatable bonds is 8. The monoisotopic (exact) mass is 400 g/mol. The van der Waals surface area contributed by atoms with Crippen molar-refractivity contribution >= 4 is 5.84 Å². The molecule has 4 nitrogen and oxygen atoms in total. The lowest BCUT2D eigenvalue weighted by molar-refractivity contribution is 0.172. The van der Waals surface area contributed by atoms with Gasteiger partial charge in [-0.15, -0.1) is 0 Å². The van der Waals surface area contributed by atoms with Crippen LogP contribution in [0.2, 0.25) is 0 Å². The van der Waals surface area contributed by atoms with E-state index in [2.05, 4.69) is 27.8 Å². The van der Waals surface area contributed by atoms with Crippen molar-refractivity contribution in [3.8, 4) is 0 Å². The van der Waals surface area contributed by atoms with Crippen LogP contribution in [0.5, 0.6) is 0 Å². The Labute approximate surface area is 172 Å². The van der Waals surface area contributed by atoms with Gasteiger partial charge < -0.3 is 4.90 Å². The molecule has 156 valence electrons. The van der Waals surface area contributed by atoms with Crippen LogP contribution in [0.3, 0.4) is 0 Å². The minimum absolute atomic E-state index is 0.474. The number of nitrogens with one attached hydrogen (secondary N) is 1. The number of hydrogen-bond donors (Lipinski definition) is 1. The number of amidine groups is 1. The van der Waals surface area contributed by atoms with Gasteiger partial charge in [-0.3, -0.25) is 15.3 Å². The number of aryl methyl sites for hydroxylation is 2. The number of aromatic nitrogens is 1. The van der Waals surface area contributed by atoms with E-state index in [1.165, 1.54) is 17.7 Å². The normalized spacial score (nSPS) is 14.9. The standard InChI is InChI=1S/C23H30F2N4/c1-2-5-23(26)29-14-12-28(13-15-29)17-19-7-4-11-27-22(19)8-3-6-18-9-10-20(24)16-21(18)25/h4,7,9-11,16,26H,2-3,5-6,8,12-15,17H2,1H3. The predicted molar refractivity (Wildman–Crippen MR) is 112 cm³/mol. The Morgan fingerprint density at radius 1 is 1.07 bits per heavy atom. The average Bonchev–Trinajstić information content (AvgIpc) is 2.71. The Hall–Kier alpha value is -2.34. The zero-order chi connectivity index (χ0) is 20.6. The second-order valence-electron chi connectivity index (χ2n) is 7.66. The Balaban J connectivity index is 1.52. The Morgan fingerprint density at radius 3 is 2.59 bits per heavy atom. The minimum atomic E-state index is -0.539. The fourth-order valence-electron chi connectivity index (χ4n) is 3.82. The smallest absolute Gasteiger partial charge is 0.129 e. The quantitative estimate of drug-likeness (QED) is 0.527. The molecule has 1 aliphatic heterocycles. The molecule has 2 aromatic rings. The third-order valence-corrected chi connectivity index (χ3v) is 5.49. The molecular weight excluding hydrogens is 370 g/mol. The van der Waals surface area contributed by atoms with Gasteiger partial charge in [0.15, 0.2) is 0 Å². The first kappa shape index (κ1) is 21.4. The van der Waals surface area contributed by atoms with E-state index in [1.807, 2.05) is 6.07 Å². The maximum atomic E-state index is 13.8. The fraction of sp³-hybridized carbons (Fsp3) is 0.478. The van der Waals surface area contributed by atoms with Gasteiger partial charge in [0, 0.05) is 57.1 Å². The molecule has 2 heterocycles. The van der Waals surface area contributed by atoms with Crippen LogP contribution in [0.15, 0.2) is 36.5 Å². The molecule has 1 fully saturated rings. The van der Waals surface area contributed by atoms with E-state index in [9.17, 15) is 8.78 Å². The third-order valence-electron chi connectivity index (χ3n) is 5.49. The number of piperazine rings is 1. The van der Waals surface area contributed by atoms with Crippen LogP contribution in [0.1, 0.15) is 43.0 Å². The molecule has 0 unspecified atom stereocenters. The summed E-state index contributed by atoms with van der Waals surface area (Å²) in [7, 11) is 0. The van der Waals surface area contributed by atoms with Crippen LogP contribution in [-0.4, -0.2) is 46.8 Å². The molecule has 3 rings (SSSR count). The molecule has 0 aliphatic carbocycles. The predicted octanol–water partition coefficient (Wildman–Crippen LogP) is 4.43. The van der Waals surface area contributed by atoms with Crippen molar-refractivity contribution < 1.29 is 8.78 Å². The molecule has 6 heteroatoms. The van der Waals surface area contributed by atoms with Crippen molar-refractivity contribution in [2.24, 2.45) is 0 Å². The highest BCUT2D eigenvalue weighted by Crippen LogP contribution is 2.17. The number of benzene rings is 1. The molecule has 1 saturated heterocycles. The summed E-state index contributed by atoms with van der Waals surface area (Å²) in [4.78, 5) is 9.15. The van der Waals surface area contributed by atoms with Gasteiger partial charge >= 0.3 is 0 Å². The molecule has 1 aromatic carbocycles. The molecular formula is C23H30F2N4. The largest absolute Gasteiger partial charge is 0.358 e. The van der Waals surface area contributed by atoms with Crippen LogP contribution in [0, 0.1) is 17.0 Å². The highest BCUT2D eigenvalue weighted by molar-refractivity contribution is 5.79. The van der Waals surface area contributed by atoms with Crippen molar-refractivity contribution in [2.75, 3.05) is 26.2 Å². The van der Waals surface area contributed by atoms with Gasteiger partial charge in [0.05, 0.1) is 5.84 Å². The van der Waals surface area contributed by atoms with E-state index < -0.39 is 11.6 Å². The Kier molecular flexibility index (Phi) is 7.69. The highest BCUT2D eigenvalue weighted by atomic mass is 19.1. The molecule has 29 heavy (non-hydrogen) atoms. The molecule has 0 spiro atoms. The van der Waals surface area contributed by atoms with E-state index in [1.54, 1.807) is 6.20 Å². The average molecular weight is 401 g/mol. The van der Waals surface area contributed by atoms with Crippen molar-refractivity contribution in [3.63, 3.8) is 0 Å². The molecule has 0 atom stereocenters. The molecule has 1 aliphatic rings. The maximum Gasteiger partial charge on any atom is 0.129 e. The molecule has 1 aromatic heterocycles. The summed E-state index contributed by atoms with van der Waals surface area (Å²) in [6, 6.07) is 7.86. The van der Waals surface area contributed by atoms with Crippen molar-refractivity contribution in [1.82, 2.24) is 14.8 Å². The van der Waals surface area contributed by atoms with E-state index in [-0.39, 0.29) is 0 Å². The summed E-state index contributed by atoms with van der Waals surface area (Å²) in [5, 5.41) is 8.13. The van der Waals surface area contributed by atoms with E-state index >= 15 is 0 Å². The number of pyridine rings is 1. The number of halogens is 2. The lowest BCUT2D eigenvalue weighted by Gasteiger charge is -2.36. The van der Waals surface area contributed by atoms with Gasteiger partial charge in [-0.2, -0.15) is 0 Å². The number of nitrogens with zero attached hydrogens (tertiary/aromatic N) is 3. The Morgan fingerprint density at radius 2 is 1.86 bits per heavy atom. The first-order valence-electron chi connectivity index (χ1n) is 10.5. The topological polar surface area (TPSA) is 43.2 Å². The van der Waals surface area contributed by atoms with Gasteiger partial charge in [0.2, 0.25) is 0 Å². The lowest BCUT2D eigenvalue weighted by Crippen LogP contribution is -2.48. The van der Waals surface area contributed by atoms with Crippen LogP contribution >= 0.6 is 0 Å². The number of hydrogen-bond acceptors (Lipinski definition) is 3. The summed E-state index contributed by atoms with van der Waals surface area (Å²) in [6.45, 7) is 6.65. The zero-order valence-electron chi connectivity index (χ0n) is 17.1. The van der Waals surface area contributed by atoms with Crippen LogP contribution < -0.4 is 0 Å². The third kappa shape index (κ3) is 6.07. The van der Waals surface area contributed by atoms with Gasteiger partial charge in [0.1, 0.15) is 11.6 Å². The SMILES string of the molecule is CCCC(=N)N1CCN(Cc2cccnc2CCCc2ccc(F)cc2F)CC1. The molecule has 1 N–H and O–H groups in total. The van der Waals surface area contributed by atoms with Crippen LogP contribution in [0.4, 0.5) is 8.78 Å². The van der Waals surface area contributed by atoms with Gasteiger partial charge in [0.25, 0.3) is 0 Å². The van der Waals surface area contributed by atoms with E-state index in [0.717, 1.165) is 76.0 Å². The first-order chi connectivity index (χ1) is 14.1. The lowest BCUT2D eigenvalue weighted by atomic mass is 10.0. The van der Waals surface area contributed by atoms with Gasteiger partial charge in [-0.25, -0.2) is 8.78 Å². The Bertz CT molecular complexity index is 816.